The summed E-state index contributed by atoms with van der Waals surface area (Å²) in [5, 5.41) is 6.72. The predicted molar refractivity (Wildman–Crippen MR) is 114 cm³/mol. The monoisotopic (exact) mass is 458 g/mol. The molecule has 0 bridgehead atoms. The number of hydrogen-bond donors (Lipinski definition) is 2. The molecular weight excluding hydrogens is 427 g/mol. The Hall–Kier alpha value is -1.31. The van der Waals surface area contributed by atoms with E-state index in [1.807, 2.05) is 37.4 Å². The normalized spacial score (nSPS) is 15.2. The lowest BCUT2D eigenvalue weighted by Gasteiger charge is -2.25. The van der Waals surface area contributed by atoms with Crippen LogP contribution in [0.5, 0.6) is 0 Å². The van der Waals surface area contributed by atoms with E-state index in [1.54, 1.807) is 11.9 Å². The summed E-state index contributed by atoms with van der Waals surface area (Å²) in [4.78, 5) is 18.3. The quantitative estimate of drug-likeness (QED) is 0.391. The zero-order chi connectivity index (χ0) is 17.2. The molecule has 0 heterocycles. The fourth-order valence-electron chi connectivity index (χ4n) is 3.06. The van der Waals surface area contributed by atoms with Gasteiger partial charge >= 0.3 is 0 Å². The van der Waals surface area contributed by atoms with Crippen molar-refractivity contribution in [2.75, 3.05) is 20.6 Å². The SMILES string of the molecule is CN=C(NCCC(=O)N(C)Cc1ccccc1)NC1CCCCC1.I. The summed E-state index contributed by atoms with van der Waals surface area (Å²) in [6.07, 6.45) is 6.80. The first-order valence-corrected chi connectivity index (χ1v) is 8.94. The molecule has 5 nitrogen and oxygen atoms in total. The second kappa shape index (κ2) is 12.1. The molecule has 2 rings (SSSR count). The summed E-state index contributed by atoms with van der Waals surface area (Å²) in [5.41, 5.74) is 1.15. The molecule has 1 aromatic carbocycles. The molecule has 1 fully saturated rings. The van der Waals surface area contributed by atoms with E-state index in [1.165, 1.54) is 32.1 Å². The summed E-state index contributed by atoms with van der Waals surface area (Å²) >= 11 is 0. The van der Waals surface area contributed by atoms with Crippen molar-refractivity contribution in [3.05, 3.63) is 35.9 Å². The topological polar surface area (TPSA) is 56.7 Å². The lowest BCUT2D eigenvalue weighted by molar-refractivity contribution is -0.130. The average molecular weight is 458 g/mol. The van der Waals surface area contributed by atoms with Gasteiger partial charge in [-0.1, -0.05) is 49.6 Å². The molecule has 0 spiro atoms. The van der Waals surface area contributed by atoms with Gasteiger partial charge in [-0.2, -0.15) is 0 Å². The number of amides is 1. The average Bonchev–Trinajstić information content (AvgIpc) is 2.62. The maximum absolute atomic E-state index is 12.2. The van der Waals surface area contributed by atoms with E-state index < -0.39 is 0 Å². The Morgan fingerprint density at radius 3 is 2.52 bits per heavy atom. The van der Waals surface area contributed by atoms with Gasteiger partial charge in [0.15, 0.2) is 5.96 Å². The number of guanidine groups is 1. The molecular formula is C19H31IN4O. The minimum absolute atomic E-state index is 0. The Morgan fingerprint density at radius 2 is 1.88 bits per heavy atom. The van der Waals surface area contributed by atoms with Crippen LogP contribution in [-0.4, -0.2) is 43.4 Å². The van der Waals surface area contributed by atoms with Crippen LogP contribution in [0.15, 0.2) is 35.3 Å². The predicted octanol–water partition coefficient (Wildman–Crippen LogP) is 3.15. The third-order valence-electron chi connectivity index (χ3n) is 4.49. The van der Waals surface area contributed by atoms with Gasteiger partial charge in [0.25, 0.3) is 0 Å². The first-order valence-electron chi connectivity index (χ1n) is 8.94. The maximum Gasteiger partial charge on any atom is 0.224 e. The Balaban J connectivity index is 0.00000312. The first-order chi connectivity index (χ1) is 11.7. The minimum Gasteiger partial charge on any atom is -0.356 e. The van der Waals surface area contributed by atoms with Crippen LogP contribution in [0.4, 0.5) is 0 Å². The van der Waals surface area contributed by atoms with Crippen molar-refractivity contribution in [1.29, 1.82) is 0 Å². The summed E-state index contributed by atoms with van der Waals surface area (Å²) in [5.74, 6) is 0.944. The number of rotatable bonds is 6. The number of halogens is 1. The summed E-state index contributed by atoms with van der Waals surface area (Å²) < 4.78 is 0. The van der Waals surface area contributed by atoms with Gasteiger partial charge in [0.05, 0.1) is 0 Å². The zero-order valence-corrected chi connectivity index (χ0v) is 17.7. The second-order valence-corrected chi connectivity index (χ2v) is 6.46. The fraction of sp³-hybridized carbons (Fsp3) is 0.579. The number of carbonyl (C=O) groups is 1. The van der Waals surface area contributed by atoms with Crippen molar-refractivity contribution >= 4 is 35.8 Å². The molecule has 1 amide bonds. The largest absolute Gasteiger partial charge is 0.356 e. The van der Waals surface area contributed by atoms with Gasteiger partial charge in [0.2, 0.25) is 5.91 Å². The highest BCUT2D eigenvalue weighted by Gasteiger charge is 2.15. The summed E-state index contributed by atoms with van der Waals surface area (Å²) in [6.45, 7) is 1.25. The highest BCUT2D eigenvalue weighted by molar-refractivity contribution is 14.0. The number of nitrogens with one attached hydrogen (secondary N) is 2. The summed E-state index contributed by atoms with van der Waals surface area (Å²) in [7, 11) is 3.63. The number of hydrogen-bond acceptors (Lipinski definition) is 2. The van der Waals surface area contributed by atoms with Crippen LogP contribution in [0.3, 0.4) is 0 Å². The molecule has 2 N–H and O–H groups in total. The number of carbonyl (C=O) groups excluding carboxylic acids is 1. The highest BCUT2D eigenvalue weighted by atomic mass is 127. The van der Waals surface area contributed by atoms with Crippen molar-refractivity contribution in [2.45, 2.75) is 51.1 Å². The van der Waals surface area contributed by atoms with Crippen LogP contribution in [-0.2, 0) is 11.3 Å². The Morgan fingerprint density at radius 1 is 1.20 bits per heavy atom. The van der Waals surface area contributed by atoms with E-state index in [2.05, 4.69) is 15.6 Å². The molecule has 0 radical (unpaired) electrons. The van der Waals surface area contributed by atoms with E-state index >= 15 is 0 Å². The van der Waals surface area contributed by atoms with Crippen molar-refractivity contribution < 1.29 is 4.79 Å². The van der Waals surface area contributed by atoms with Crippen LogP contribution in [0.25, 0.3) is 0 Å². The third kappa shape index (κ3) is 8.07. The van der Waals surface area contributed by atoms with Crippen molar-refractivity contribution in [3.8, 4) is 0 Å². The van der Waals surface area contributed by atoms with Gasteiger partial charge in [0.1, 0.15) is 0 Å². The molecule has 0 saturated heterocycles. The minimum atomic E-state index is 0. The molecule has 1 aromatic rings. The van der Waals surface area contributed by atoms with E-state index in [4.69, 9.17) is 0 Å². The van der Waals surface area contributed by atoms with Gasteiger partial charge < -0.3 is 15.5 Å². The van der Waals surface area contributed by atoms with E-state index in [9.17, 15) is 4.79 Å². The second-order valence-electron chi connectivity index (χ2n) is 6.46. The number of nitrogens with zero attached hydrogens (tertiary/aromatic N) is 2. The van der Waals surface area contributed by atoms with E-state index in [0.717, 1.165) is 11.5 Å². The number of aliphatic imine (C=N–C) groups is 1. The van der Waals surface area contributed by atoms with Crippen LogP contribution in [0, 0.1) is 0 Å². The lowest BCUT2D eigenvalue weighted by Crippen LogP contribution is -2.45. The molecule has 1 aliphatic rings. The third-order valence-corrected chi connectivity index (χ3v) is 4.49. The maximum atomic E-state index is 12.2. The van der Waals surface area contributed by atoms with Crippen LogP contribution < -0.4 is 10.6 Å². The lowest BCUT2D eigenvalue weighted by atomic mass is 9.96. The Labute approximate surface area is 168 Å². The van der Waals surface area contributed by atoms with Crippen LogP contribution in [0.2, 0.25) is 0 Å². The Bertz CT molecular complexity index is 529. The highest BCUT2D eigenvalue weighted by Crippen LogP contribution is 2.17. The molecule has 1 aliphatic carbocycles. The van der Waals surface area contributed by atoms with Crippen molar-refractivity contribution in [2.24, 2.45) is 4.99 Å². The zero-order valence-electron chi connectivity index (χ0n) is 15.3. The van der Waals surface area contributed by atoms with Gasteiger partial charge in [-0.3, -0.25) is 9.79 Å². The molecule has 0 aliphatic heterocycles. The number of benzene rings is 1. The van der Waals surface area contributed by atoms with Gasteiger partial charge in [-0.25, -0.2) is 0 Å². The Kier molecular flexibility index (Phi) is 10.5. The summed E-state index contributed by atoms with van der Waals surface area (Å²) in [6, 6.07) is 10.6. The molecule has 0 atom stereocenters. The van der Waals surface area contributed by atoms with Gasteiger partial charge in [-0.15, -0.1) is 24.0 Å². The van der Waals surface area contributed by atoms with Crippen molar-refractivity contribution in [1.82, 2.24) is 15.5 Å². The van der Waals surface area contributed by atoms with E-state index in [-0.39, 0.29) is 29.9 Å². The van der Waals surface area contributed by atoms with Gasteiger partial charge in [0, 0.05) is 39.6 Å². The van der Waals surface area contributed by atoms with E-state index in [0.29, 0.717) is 25.6 Å². The van der Waals surface area contributed by atoms with Gasteiger partial charge in [-0.05, 0) is 18.4 Å². The molecule has 140 valence electrons. The van der Waals surface area contributed by atoms with Crippen LogP contribution in [0.1, 0.15) is 44.1 Å². The van der Waals surface area contributed by atoms with Crippen LogP contribution >= 0.6 is 24.0 Å². The molecule has 6 heteroatoms. The first kappa shape index (κ1) is 21.7. The molecule has 1 saturated carbocycles. The standard InChI is InChI=1S/C19H30N4O.HI/c1-20-19(22-17-11-7-4-8-12-17)21-14-13-18(24)23(2)15-16-9-5-3-6-10-16;/h3,5-6,9-10,17H,4,7-8,11-15H2,1-2H3,(H2,20,21,22);1H. The molecule has 25 heavy (non-hydrogen) atoms. The fourth-order valence-corrected chi connectivity index (χ4v) is 3.06. The molecule has 0 aromatic heterocycles. The van der Waals surface area contributed by atoms with Crippen molar-refractivity contribution in [3.63, 3.8) is 0 Å². The smallest absolute Gasteiger partial charge is 0.224 e. The molecule has 0 unspecified atom stereocenters.